The molecule has 1 amide bonds. The second-order valence-electron chi connectivity index (χ2n) is 8.87. The third-order valence-electron chi connectivity index (χ3n) is 6.76. The molecule has 0 bridgehead atoms. The van der Waals surface area contributed by atoms with Crippen LogP contribution in [0.2, 0.25) is 0 Å². The summed E-state index contributed by atoms with van der Waals surface area (Å²) in [6, 6.07) is 9.04. The molecule has 0 aliphatic carbocycles. The highest BCUT2D eigenvalue weighted by Crippen LogP contribution is 2.30. The van der Waals surface area contributed by atoms with Crippen LogP contribution in [0.5, 0.6) is 0 Å². The van der Waals surface area contributed by atoms with Crippen molar-refractivity contribution in [3.63, 3.8) is 0 Å². The van der Waals surface area contributed by atoms with Gasteiger partial charge in [-0.25, -0.2) is 0 Å². The quantitative estimate of drug-likeness (QED) is 0.764. The van der Waals surface area contributed by atoms with Crippen LogP contribution in [0.1, 0.15) is 55.6 Å². The minimum Gasteiger partial charge on any atom is -0.460 e. The largest absolute Gasteiger partial charge is 0.460 e. The second kappa shape index (κ2) is 8.88. The van der Waals surface area contributed by atoms with E-state index in [1.54, 1.807) is 0 Å². The molecule has 2 aromatic rings. The van der Waals surface area contributed by atoms with Crippen LogP contribution < -0.4 is 0 Å². The molecule has 2 fully saturated rings. The minimum atomic E-state index is 0.149. The maximum atomic E-state index is 13.6. The lowest BCUT2D eigenvalue weighted by molar-refractivity contribution is 0.0227. The number of para-hydroxylation sites is 1. The Morgan fingerprint density at radius 1 is 1.14 bits per heavy atom. The fourth-order valence-electron chi connectivity index (χ4n) is 5.03. The average Bonchev–Trinajstić information content (AvgIpc) is 3.10. The normalized spacial score (nSPS) is 22.4. The number of piperidine rings is 1. The Morgan fingerprint density at radius 3 is 2.62 bits per heavy atom. The number of hydrogen-bond donors (Lipinski definition) is 0. The fourth-order valence-corrected chi connectivity index (χ4v) is 5.03. The first-order valence-electron chi connectivity index (χ1n) is 11.3. The minimum absolute atomic E-state index is 0.149. The van der Waals surface area contributed by atoms with Crippen molar-refractivity contribution < 1.29 is 9.21 Å². The van der Waals surface area contributed by atoms with E-state index < -0.39 is 0 Å². The van der Waals surface area contributed by atoms with E-state index in [0.717, 1.165) is 61.2 Å². The number of benzene rings is 1. The zero-order chi connectivity index (χ0) is 20.4. The van der Waals surface area contributed by atoms with E-state index in [9.17, 15) is 4.79 Å². The Labute approximate surface area is 174 Å². The van der Waals surface area contributed by atoms with Crippen molar-refractivity contribution in [3.8, 4) is 0 Å². The first-order valence-corrected chi connectivity index (χ1v) is 11.3. The van der Waals surface area contributed by atoms with Gasteiger partial charge < -0.3 is 14.2 Å². The third kappa shape index (κ3) is 4.22. The van der Waals surface area contributed by atoms with Crippen LogP contribution in [-0.4, -0.2) is 72.5 Å². The Morgan fingerprint density at radius 2 is 1.90 bits per heavy atom. The summed E-state index contributed by atoms with van der Waals surface area (Å²) in [5.74, 6) is 1.01. The summed E-state index contributed by atoms with van der Waals surface area (Å²) in [5.41, 5.74) is 1.63. The van der Waals surface area contributed by atoms with E-state index in [1.165, 1.54) is 25.9 Å². The van der Waals surface area contributed by atoms with Crippen molar-refractivity contribution in [1.82, 2.24) is 14.7 Å². The summed E-state index contributed by atoms with van der Waals surface area (Å²) in [6.45, 7) is 9.40. The summed E-state index contributed by atoms with van der Waals surface area (Å²) in [6.07, 6.45) is 5.44. The standard InChI is InChI=1S/C24H35N3O2/c1-4-5-9-22-23(20-8-6-7-10-21(20)29-22)24(28)26-15-16-27(18(2)17-26)19-11-13-25(3)14-12-19/h6-8,10,18-19H,4-5,9,11-17H2,1-3H3. The van der Waals surface area contributed by atoms with Crippen LogP contribution in [-0.2, 0) is 6.42 Å². The van der Waals surface area contributed by atoms with E-state index in [0.29, 0.717) is 12.1 Å². The molecule has 0 spiro atoms. The summed E-state index contributed by atoms with van der Waals surface area (Å²) in [5, 5.41) is 0.967. The number of nitrogens with zero attached hydrogens (tertiary/aromatic N) is 3. The Balaban J connectivity index is 1.50. The lowest BCUT2D eigenvalue weighted by atomic mass is 9.99. The van der Waals surface area contributed by atoms with Gasteiger partial charge in [-0.2, -0.15) is 0 Å². The van der Waals surface area contributed by atoms with Crippen molar-refractivity contribution >= 4 is 16.9 Å². The molecule has 1 aromatic carbocycles. The molecule has 158 valence electrons. The SMILES string of the molecule is CCCCc1oc2ccccc2c1C(=O)N1CCN(C2CCN(C)CC2)C(C)C1. The molecule has 3 heterocycles. The maximum absolute atomic E-state index is 13.6. The predicted molar refractivity (Wildman–Crippen MR) is 117 cm³/mol. The molecule has 1 atom stereocenters. The molecule has 29 heavy (non-hydrogen) atoms. The molecule has 4 rings (SSSR count). The van der Waals surface area contributed by atoms with Gasteiger partial charge >= 0.3 is 0 Å². The summed E-state index contributed by atoms with van der Waals surface area (Å²) >= 11 is 0. The van der Waals surface area contributed by atoms with Crippen LogP contribution in [0.25, 0.3) is 11.0 Å². The number of carbonyl (C=O) groups is 1. The van der Waals surface area contributed by atoms with Crippen LogP contribution >= 0.6 is 0 Å². The molecule has 1 aromatic heterocycles. The smallest absolute Gasteiger partial charge is 0.258 e. The zero-order valence-electron chi connectivity index (χ0n) is 18.2. The van der Waals surface area contributed by atoms with E-state index in [1.807, 2.05) is 24.3 Å². The van der Waals surface area contributed by atoms with E-state index in [4.69, 9.17) is 4.42 Å². The number of aryl methyl sites for hydroxylation is 1. The van der Waals surface area contributed by atoms with Gasteiger partial charge in [0, 0.05) is 43.5 Å². The van der Waals surface area contributed by atoms with Crippen LogP contribution in [0.3, 0.4) is 0 Å². The Hall–Kier alpha value is -1.85. The first-order chi connectivity index (χ1) is 14.1. The highest BCUT2D eigenvalue weighted by Gasteiger charge is 2.34. The number of piperazine rings is 1. The molecular formula is C24H35N3O2. The highest BCUT2D eigenvalue weighted by atomic mass is 16.3. The second-order valence-corrected chi connectivity index (χ2v) is 8.87. The van der Waals surface area contributed by atoms with Crippen molar-refractivity contribution in [1.29, 1.82) is 0 Å². The lowest BCUT2D eigenvalue weighted by Gasteiger charge is -2.46. The van der Waals surface area contributed by atoms with Gasteiger partial charge in [0.1, 0.15) is 11.3 Å². The molecular weight excluding hydrogens is 362 g/mol. The number of unbranched alkanes of at least 4 members (excludes halogenated alkanes) is 1. The Bertz CT molecular complexity index is 838. The van der Waals surface area contributed by atoms with Crippen LogP contribution in [0.4, 0.5) is 0 Å². The number of hydrogen-bond acceptors (Lipinski definition) is 4. The summed E-state index contributed by atoms with van der Waals surface area (Å²) < 4.78 is 6.10. The number of fused-ring (bicyclic) bond motifs is 1. The summed E-state index contributed by atoms with van der Waals surface area (Å²) in [4.78, 5) is 20.7. The monoisotopic (exact) mass is 397 g/mol. The molecule has 0 saturated carbocycles. The number of rotatable bonds is 5. The molecule has 5 heteroatoms. The van der Waals surface area contributed by atoms with Crippen LogP contribution in [0.15, 0.2) is 28.7 Å². The van der Waals surface area contributed by atoms with Gasteiger partial charge in [-0.05, 0) is 52.4 Å². The van der Waals surface area contributed by atoms with Crippen LogP contribution in [0, 0.1) is 0 Å². The van der Waals surface area contributed by atoms with E-state index in [-0.39, 0.29) is 5.91 Å². The number of likely N-dealkylation sites (tertiary alicyclic amines) is 1. The van der Waals surface area contributed by atoms with E-state index >= 15 is 0 Å². The van der Waals surface area contributed by atoms with Gasteiger partial charge in [0.05, 0.1) is 5.56 Å². The molecule has 0 N–H and O–H groups in total. The van der Waals surface area contributed by atoms with E-state index in [2.05, 4.69) is 35.6 Å². The van der Waals surface area contributed by atoms with Gasteiger partial charge in [0.2, 0.25) is 0 Å². The highest BCUT2D eigenvalue weighted by molar-refractivity contribution is 6.07. The topological polar surface area (TPSA) is 39.9 Å². The predicted octanol–water partition coefficient (Wildman–Crippen LogP) is 4.02. The first kappa shape index (κ1) is 20.4. The molecule has 1 unspecified atom stereocenters. The molecule has 0 radical (unpaired) electrons. The fraction of sp³-hybridized carbons (Fsp3) is 0.625. The van der Waals surface area contributed by atoms with Crippen molar-refractivity contribution in [2.24, 2.45) is 0 Å². The van der Waals surface area contributed by atoms with Gasteiger partial charge in [-0.15, -0.1) is 0 Å². The van der Waals surface area contributed by atoms with Crippen molar-refractivity contribution in [2.45, 2.75) is 58.0 Å². The molecule has 2 saturated heterocycles. The summed E-state index contributed by atoms with van der Waals surface area (Å²) in [7, 11) is 2.21. The molecule has 5 nitrogen and oxygen atoms in total. The number of furan rings is 1. The van der Waals surface area contributed by atoms with Crippen molar-refractivity contribution in [3.05, 3.63) is 35.6 Å². The zero-order valence-corrected chi connectivity index (χ0v) is 18.2. The lowest BCUT2D eigenvalue weighted by Crippen LogP contribution is -2.58. The van der Waals surface area contributed by atoms with Crippen molar-refractivity contribution in [2.75, 3.05) is 39.8 Å². The molecule has 2 aliphatic rings. The van der Waals surface area contributed by atoms with Gasteiger partial charge in [0.15, 0.2) is 0 Å². The third-order valence-corrected chi connectivity index (χ3v) is 6.76. The number of carbonyl (C=O) groups excluding carboxylic acids is 1. The number of amides is 1. The van der Waals surface area contributed by atoms with Gasteiger partial charge in [0.25, 0.3) is 5.91 Å². The molecule has 2 aliphatic heterocycles. The Kier molecular flexibility index (Phi) is 6.26. The average molecular weight is 398 g/mol. The maximum Gasteiger partial charge on any atom is 0.258 e. The van der Waals surface area contributed by atoms with Gasteiger partial charge in [-0.3, -0.25) is 9.69 Å². The van der Waals surface area contributed by atoms with Gasteiger partial charge in [-0.1, -0.05) is 31.5 Å².